The molecule has 0 radical (unpaired) electrons. The molecular weight excluding hydrogens is 489 g/mol. The standard InChI is InChI=1S/C24H23F3N8O2/c1-14(18-8-15(11-28)2-4-30-18)32-22(36)34-5-3-23(13-34)20-10-19(33-35(20)6-7-37-23)16-9-17(24(25,26)27)21(29)31-12-16/h2,4,8-10,12,14H,3,5-7,13H2,1H3,(H2,29,31)(H,32,36). The van der Waals surface area contributed by atoms with Crippen LogP contribution >= 0.6 is 0 Å². The third-order valence-corrected chi connectivity index (χ3v) is 6.66. The highest BCUT2D eigenvalue weighted by Crippen LogP contribution is 2.41. The van der Waals surface area contributed by atoms with Crippen LogP contribution in [0.5, 0.6) is 0 Å². The SMILES string of the molecule is CC(NC(=O)N1CCC2(C1)OCCn1nc(-c3cnc(N)c(C(F)(F)F)c3)cc12)c1cc(C#N)ccn1. The number of anilines is 1. The van der Waals surface area contributed by atoms with Crippen molar-refractivity contribution in [3.63, 3.8) is 0 Å². The number of fused-ring (bicyclic) bond motifs is 2. The fourth-order valence-corrected chi connectivity index (χ4v) is 4.73. The van der Waals surface area contributed by atoms with Crippen molar-refractivity contribution in [3.05, 3.63) is 59.2 Å². The Bertz CT molecular complexity index is 1400. The maximum Gasteiger partial charge on any atom is 0.419 e. The summed E-state index contributed by atoms with van der Waals surface area (Å²) < 4.78 is 47.9. The zero-order chi connectivity index (χ0) is 26.4. The molecule has 0 saturated carbocycles. The lowest BCUT2D eigenvalue weighted by Crippen LogP contribution is -2.45. The van der Waals surface area contributed by atoms with E-state index in [4.69, 9.17) is 15.7 Å². The summed E-state index contributed by atoms with van der Waals surface area (Å²) in [6.45, 7) is 3.21. The molecule has 1 spiro atoms. The molecule has 5 heterocycles. The summed E-state index contributed by atoms with van der Waals surface area (Å²) in [7, 11) is 0. The molecule has 10 nitrogen and oxygen atoms in total. The molecular formula is C24H23F3N8O2. The van der Waals surface area contributed by atoms with Crippen molar-refractivity contribution >= 4 is 11.8 Å². The number of carbonyl (C=O) groups is 1. The number of halogens is 3. The number of pyridine rings is 2. The zero-order valence-electron chi connectivity index (χ0n) is 19.8. The van der Waals surface area contributed by atoms with E-state index >= 15 is 0 Å². The van der Waals surface area contributed by atoms with Gasteiger partial charge in [0, 0.05) is 30.9 Å². The number of carbonyl (C=O) groups excluding carboxylic acids is 1. The molecule has 1 saturated heterocycles. The number of hydrogen-bond acceptors (Lipinski definition) is 7. The lowest BCUT2D eigenvalue weighted by atomic mass is 9.96. The number of ether oxygens (including phenoxy) is 1. The molecule has 5 rings (SSSR count). The van der Waals surface area contributed by atoms with Crippen LogP contribution in [0.2, 0.25) is 0 Å². The van der Waals surface area contributed by atoms with E-state index in [9.17, 15) is 18.0 Å². The highest BCUT2D eigenvalue weighted by atomic mass is 19.4. The van der Waals surface area contributed by atoms with Gasteiger partial charge in [-0.05, 0) is 31.2 Å². The van der Waals surface area contributed by atoms with Crippen molar-refractivity contribution in [2.75, 3.05) is 25.4 Å². The van der Waals surface area contributed by atoms with Crippen molar-refractivity contribution in [2.24, 2.45) is 0 Å². The summed E-state index contributed by atoms with van der Waals surface area (Å²) in [5.74, 6) is -0.596. The molecule has 0 aromatic carbocycles. The summed E-state index contributed by atoms with van der Waals surface area (Å²) in [5.41, 5.74) is 5.78. The highest BCUT2D eigenvalue weighted by Gasteiger charge is 2.47. The molecule has 3 aromatic rings. The van der Waals surface area contributed by atoms with E-state index < -0.39 is 29.2 Å². The van der Waals surface area contributed by atoms with Gasteiger partial charge in [0.2, 0.25) is 0 Å². The van der Waals surface area contributed by atoms with Crippen molar-refractivity contribution in [1.29, 1.82) is 5.26 Å². The maximum atomic E-state index is 13.3. The third kappa shape index (κ3) is 4.55. The van der Waals surface area contributed by atoms with E-state index in [1.807, 2.05) is 0 Å². The van der Waals surface area contributed by atoms with Crippen LogP contribution in [-0.4, -0.2) is 50.4 Å². The second-order valence-corrected chi connectivity index (χ2v) is 9.06. The number of urea groups is 1. The van der Waals surface area contributed by atoms with Gasteiger partial charge in [0.05, 0.1) is 60.0 Å². The fourth-order valence-electron chi connectivity index (χ4n) is 4.73. The molecule has 2 aliphatic heterocycles. The van der Waals surface area contributed by atoms with Gasteiger partial charge in [0.25, 0.3) is 0 Å². The van der Waals surface area contributed by atoms with Crippen LogP contribution in [0.1, 0.15) is 41.9 Å². The molecule has 0 bridgehead atoms. The van der Waals surface area contributed by atoms with Gasteiger partial charge in [-0.2, -0.15) is 23.5 Å². The van der Waals surface area contributed by atoms with Crippen molar-refractivity contribution in [3.8, 4) is 17.3 Å². The first-order chi connectivity index (χ1) is 17.6. The second-order valence-electron chi connectivity index (χ2n) is 9.06. The highest BCUT2D eigenvalue weighted by molar-refractivity contribution is 5.75. The van der Waals surface area contributed by atoms with Gasteiger partial charge in [0.1, 0.15) is 11.4 Å². The third-order valence-electron chi connectivity index (χ3n) is 6.66. The van der Waals surface area contributed by atoms with E-state index in [1.165, 1.54) is 12.4 Å². The van der Waals surface area contributed by atoms with Gasteiger partial charge >= 0.3 is 12.2 Å². The number of likely N-dealkylation sites (tertiary alicyclic amines) is 1. The van der Waals surface area contributed by atoms with E-state index in [0.717, 1.165) is 6.07 Å². The molecule has 2 unspecified atom stereocenters. The van der Waals surface area contributed by atoms with Crippen LogP contribution in [0.15, 0.2) is 36.7 Å². The van der Waals surface area contributed by atoms with Crippen LogP contribution in [-0.2, 0) is 23.1 Å². The van der Waals surface area contributed by atoms with Crippen LogP contribution in [0.4, 0.5) is 23.8 Å². The fraction of sp³-hybridized carbons (Fsp3) is 0.375. The van der Waals surface area contributed by atoms with Crippen molar-refractivity contribution in [2.45, 2.75) is 37.7 Å². The first-order valence-electron chi connectivity index (χ1n) is 11.6. The van der Waals surface area contributed by atoms with Crippen LogP contribution in [0.25, 0.3) is 11.3 Å². The van der Waals surface area contributed by atoms with E-state index in [1.54, 1.807) is 34.7 Å². The Labute approximate surface area is 209 Å². The Balaban J connectivity index is 1.36. The number of hydrogen-bond donors (Lipinski definition) is 2. The molecule has 37 heavy (non-hydrogen) atoms. The largest absolute Gasteiger partial charge is 0.419 e. The number of nitrogens with one attached hydrogen (secondary N) is 1. The van der Waals surface area contributed by atoms with Crippen LogP contribution in [0, 0.1) is 11.3 Å². The van der Waals surface area contributed by atoms with Crippen LogP contribution < -0.4 is 11.1 Å². The van der Waals surface area contributed by atoms with E-state index in [0.29, 0.717) is 48.8 Å². The second kappa shape index (κ2) is 9.04. The quantitative estimate of drug-likeness (QED) is 0.550. The van der Waals surface area contributed by atoms with Gasteiger partial charge in [-0.3, -0.25) is 9.67 Å². The molecule has 1 fully saturated rings. The van der Waals surface area contributed by atoms with Gasteiger partial charge in [-0.25, -0.2) is 9.78 Å². The molecule has 3 aromatic heterocycles. The van der Waals surface area contributed by atoms with Crippen molar-refractivity contribution in [1.82, 2.24) is 30.0 Å². The minimum absolute atomic E-state index is 0.187. The summed E-state index contributed by atoms with van der Waals surface area (Å²) in [6.07, 6.45) is -1.36. The Morgan fingerprint density at radius 2 is 2.11 bits per heavy atom. The number of alkyl halides is 3. The zero-order valence-corrected chi connectivity index (χ0v) is 19.8. The molecule has 3 N–H and O–H groups in total. The lowest BCUT2D eigenvalue weighted by molar-refractivity contribution is -0.137. The minimum atomic E-state index is -4.64. The van der Waals surface area contributed by atoms with Gasteiger partial charge in [0.15, 0.2) is 0 Å². The summed E-state index contributed by atoms with van der Waals surface area (Å²) >= 11 is 0. The summed E-state index contributed by atoms with van der Waals surface area (Å²) in [4.78, 5) is 22.6. The molecule has 192 valence electrons. The van der Waals surface area contributed by atoms with Crippen LogP contribution in [0.3, 0.4) is 0 Å². The van der Waals surface area contributed by atoms with E-state index in [2.05, 4.69) is 26.5 Å². The normalized spacial score (nSPS) is 19.9. The summed E-state index contributed by atoms with van der Waals surface area (Å²) in [5, 5.41) is 16.5. The first kappa shape index (κ1) is 24.5. The Morgan fingerprint density at radius 3 is 2.86 bits per heavy atom. The minimum Gasteiger partial charge on any atom is -0.383 e. The number of nitrogen functional groups attached to an aromatic ring is 1. The van der Waals surface area contributed by atoms with Gasteiger partial charge < -0.3 is 20.7 Å². The molecule has 13 heteroatoms. The smallest absolute Gasteiger partial charge is 0.383 e. The molecule has 2 amide bonds. The lowest BCUT2D eigenvalue weighted by Gasteiger charge is -2.34. The molecule has 2 atom stereocenters. The topological polar surface area (TPSA) is 135 Å². The predicted octanol–water partition coefficient (Wildman–Crippen LogP) is 3.21. The predicted molar refractivity (Wildman–Crippen MR) is 125 cm³/mol. The average molecular weight is 512 g/mol. The number of aromatic nitrogens is 4. The van der Waals surface area contributed by atoms with E-state index in [-0.39, 0.29) is 18.1 Å². The van der Waals surface area contributed by atoms with Gasteiger partial charge in [-0.15, -0.1) is 0 Å². The molecule has 0 aliphatic carbocycles. The Morgan fingerprint density at radius 1 is 1.30 bits per heavy atom. The first-order valence-corrected chi connectivity index (χ1v) is 11.6. The Kier molecular flexibility index (Phi) is 5.99. The number of nitrogens with two attached hydrogens (primary N) is 1. The van der Waals surface area contributed by atoms with Crippen molar-refractivity contribution < 1.29 is 22.7 Å². The number of amides is 2. The average Bonchev–Trinajstić information content (AvgIpc) is 3.50. The Hall–Kier alpha value is -4.18. The maximum absolute atomic E-state index is 13.3. The summed E-state index contributed by atoms with van der Waals surface area (Å²) in [6, 6.07) is 7.15. The monoisotopic (exact) mass is 512 g/mol. The number of nitrogens with zero attached hydrogens (tertiary/aromatic N) is 6. The number of rotatable bonds is 3. The molecule has 2 aliphatic rings. The van der Waals surface area contributed by atoms with Gasteiger partial charge in [-0.1, -0.05) is 0 Å². The number of nitriles is 1.